The Kier molecular flexibility index (Phi) is 5.02. The van der Waals surface area contributed by atoms with Gasteiger partial charge in [0.15, 0.2) is 0 Å². The number of fused-ring (bicyclic) bond motifs is 3. The predicted octanol–water partition coefficient (Wildman–Crippen LogP) is 3.87. The molecule has 3 N–H and O–H groups in total. The minimum Gasteiger partial charge on any atom is -0.488 e. The van der Waals surface area contributed by atoms with Gasteiger partial charge in [0.25, 0.3) is 0 Å². The van der Waals surface area contributed by atoms with Crippen LogP contribution in [-0.2, 0) is 17.6 Å². The van der Waals surface area contributed by atoms with Crippen molar-refractivity contribution in [2.24, 2.45) is 5.92 Å². The van der Waals surface area contributed by atoms with Crippen LogP contribution in [0.1, 0.15) is 43.4 Å². The summed E-state index contributed by atoms with van der Waals surface area (Å²) in [5.74, 6) is 1.67. The fourth-order valence-corrected chi connectivity index (χ4v) is 4.75. The quantitative estimate of drug-likeness (QED) is 0.599. The fourth-order valence-electron chi connectivity index (χ4n) is 4.75. The van der Waals surface area contributed by atoms with Crippen molar-refractivity contribution in [2.75, 3.05) is 12.4 Å². The molecular weight excluding hydrogens is 378 g/mol. The molecule has 1 aromatic carbocycles. The maximum absolute atomic E-state index is 12.2. The van der Waals surface area contributed by atoms with Crippen molar-refractivity contribution in [2.45, 2.75) is 51.0 Å². The van der Waals surface area contributed by atoms with Crippen molar-refractivity contribution in [1.82, 2.24) is 20.3 Å². The summed E-state index contributed by atoms with van der Waals surface area (Å²) >= 11 is 0. The maximum atomic E-state index is 12.2. The van der Waals surface area contributed by atoms with Crippen LogP contribution in [0.4, 0.5) is 11.5 Å². The van der Waals surface area contributed by atoms with E-state index in [1.807, 2.05) is 24.3 Å². The Morgan fingerprint density at radius 1 is 1.17 bits per heavy atom. The number of carbonyl (C=O) groups is 1. The average Bonchev–Trinajstić information content (AvgIpc) is 3.42. The van der Waals surface area contributed by atoms with Crippen LogP contribution in [0.2, 0.25) is 0 Å². The van der Waals surface area contributed by atoms with Gasteiger partial charge in [0.05, 0.1) is 17.2 Å². The summed E-state index contributed by atoms with van der Waals surface area (Å²) in [4.78, 5) is 24.7. The number of nitrogens with one attached hydrogen (secondary N) is 3. The normalized spacial score (nSPS) is 18.9. The number of aryl methyl sites for hydroxylation is 1. The van der Waals surface area contributed by atoms with Gasteiger partial charge in [-0.3, -0.25) is 4.79 Å². The van der Waals surface area contributed by atoms with Crippen molar-refractivity contribution < 1.29 is 9.53 Å². The number of hydrogen-bond acceptors (Lipinski definition) is 5. The zero-order valence-electron chi connectivity index (χ0n) is 17.2. The Morgan fingerprint density at radius 3 is 2.83 bits per heavy atom. The number of hydrogen-bond donors (Lipinski definition) is 3. The third-order valence-electron chi connectivity index (χ3n) is 6.33. The molecule has 7 nitrogen and oxygen atoms in total. The molecule has 5 rings (SSSR count). The van der Waals surface area contributed by atoms with Gasteiger partial charge in [0.1, 0.15) is 23.5 Å². The molecule has 2 heterocycles. The lowest BCUT2D eigenvalue weighted by Gasteiger charge is -2.21. The summed E-state index contributed by atoms with van der Waals surface area (Å²) in [6, 6.07) is 8.02. The predicted molar refractivity (Wildman–Crippen MR) is 116 cm³/mol. The van der Waals surface area contributed by atoms with E-state index in [0.717, 1.165) is 65.2 Å². The number of ether oxygens (including phenoxy) is 1. The van der Waals surface area contributed by atoms with E-state index in [4.69, 9.17) is 4.74 Å². The van der Waals surface area contributed by atoms with Gasteiger partial charge in [-0.2, -0.15) is 0 Å². The Hall–Kier alpha value is -3.09. The third-order valence-corrected chi connectivity index (χ3v) is 6.33. The van der Waals surface area contributed by atoms with E-state index in [2.05, 4.69) is 25.6 Å². The molecule has 1 saturated carbocycles. The van der Waals surface area contributed by atoms with E-state index in [9.17, 15) is 4.79 Å². The van der Waals surface area contributed by atoms with Crippen LogP contribution >= 0.6 is 0 Å². The van der Waals surface area contributed by atoms with Crippen molar-refractivity contribution in [1.29, 1.82) is 0 Å². The molecule has 7 heteroatoms. The van der Waals surface area contributed by atoms with Crippen molar-refractivity contribution >= 4 is 28.4 Å². The molecule has 0 spiro atoms. The Morgan fingerprint density at radius 2 is 2.00 bits per heavy atom. The highest BCUT2D eigenvalue weighted by Gasteiger charge is 2.28. The van der Waals surface area contributed by atoms with Crippen LogP contribution in [0.15, 0.2) is 30.6 Å². The van der Waals surface area contributed by atoms with Crippen LogP contribution in [0.25, 0.3) is 11.0 Å². The van der Waals surface area contributed by atoms with E-state index in [1.165, 1.54) is 12.8 Å². The van der Waals surface area contributed by atoms with Crippen LogP contribution in [0, 0.1) is 5.92 Å². The molecule has 1 fully saturated rings. The highest BCUT2D eigenvalue weighted by Crippen LogP contribution is 2.37. The molecule has 2 aromatic heterocycles. The second kappa shape index (κ2) is 7.97. The molecule has 0 aliphatic heterocycles. The number of anilines is 2. The fraction of sp³-hybridized carbons (Fsp3) is 0.435. The molecular formula is C23H27N5O2. The molecule has 2 aliphatic carbocycles. The Balaban J connectivity index is 1.49. The SMILES string of the molecule is CNC(=O)[C@H]1CCc2[nH]c3ncnc(Nc4ccccc4OC4CCCC4)c3c2C1. The van der Waals surface area contributed by atoms with Gasteiger partial charge in [0.2, 0.25) is 5.91 Å². The molecule has 3 aromatic rings. The molecule has 30 heavy (non-hydrogen) atoms. The summed E-state index contributed by atoms with van der Waals surface area (Å²) in [5.41, 5.74) is 4.01. The number of para-hydroxylation sites is 2. The van der Waals surface area contributed by atoms with Crippen LogP contribution in [0.3, 0.4) is 0 Å². The number of carbonyl (C=O) groups excluding carboxylic acids is 1. The summed E-state index contributed by atoms with van der Waals surface area (Å²) < 4.78 is 6.28. The number of rotatable bonds is 5. The van der Waals surface area contributed by atoms with Crippen LogP contribution < -0.4 is 15.4 Å². The molecule has 1 amide bonds. The van der Waals surface area contributed by atoms with E-state index in [1.54, 1.807) is 13.4 Å². The van der Waals surface area contributed by atoms with Gasteiger partial charge < -0.3 is 20.4 Å². The smallest absolute Gasteiger partial charge is 0.223 e. The number of benzene rings is 1. The van der Waals surface area contributed by atoms with Crippen LogP contribution in [0.5, 0.6) is 5.75 Å². The summed E-state index contributed by atoms with van der Waals surface area (Å²) in [7, 11) is 1.70. The van der Waals surface area contributed by atoms with Crippen molar-refractivity contribution in [3.05, 3.63) is 41.9 Å². The van der Waals surface area contributed by atoms with E-state index >= 15 is 0 Å². The van der Waals surface area contributed by atoms with E-state index in [0.29, 0.717) is 6.42 Å². The van der Waals surface area contributed by atoms with Crippen molar-refractivity contribution in [3.8, 4) is 5.75 Å². The number of amides is 1. The first kappa shape index (κ1) is 18.9. The molecule has 0 radical (unpaired) electrons. The van der Waals surface area contributed by atoms with Gasteiger partial charge in [0, 0.05) is 18.7 Å². The molecule has 0 saturated heterocycles. The largest absolute Gasteiger partial charge is 0.488 e. The van der Waals surface area contributed by atoms with Gasteiger partial charge in [-0.25, -0.2) is 9.97 Å². The average molecular weight is 406 g/mol. The molecule has 0 unspecified atom stereocenters. The standard InChI is InChI=1S/C23H27N5O2/c1-24-23(29)14-10-11-17-16(12-14)20-21(27-17)25-13-26-22(20)28-18-8-4-5-9-19(18)30-15-6-2-3-7-15/h4-5,8-9,13-15H,2-3,6-7,10-12H2,1H3,(H,24,29)(H2,25,26,27,28)/t14-/m0/s1. The molecule has 156 valence electrons. The van der Waals surface area contributed by atoms with Gasteiger partial charge in [-0.1, -0.05) is 12.1 Å². The van der Waals surface area contributed by atoms with E-state index in [-0.39, 0.29) is 17.9 Å². The number of nitrogens with zero attached hydrogens (tertiary/aromatic N) is 2. The second-order valence-electron chi connectivity index (χ2n) is 8.23. The highest BCUT2D eigenvalue weighted by molar-refractivity contribution is 5.94. The number of aromatic amines is 1. The first-order chi connectivity index (χ1) is 14.7. The lowest BCUT2D eigenvalue weighted by atomic mass is 9.86. The maximum Gasteiger partial charge on any atom is 0.223 e. The number of H-pyrrole nitrogens is 1. The second-order valence-corrected chi connectivity index (χ2v) is 8.23. The van der Waals surface area contributed by atoms with Crippen molar-refractivity contribution in [3.63, 3.8) is 0 Å². The monoisotopic (exact) mass is 405 g/mol. The molecule has 0 bridgehead atoms. The zero-order chi connectivity index (χ0) is 20.5. The van der Waals surface area contributed by atoms with Gasteiger partial charge in [-0.05, 0) is 62.6 Å². The number of aromatic nitrogens is 3. The van der Waals surface area contributed by atoms with Gasteiger partial charge in [-0.15, -0.1) is 0 Å². The molecule has 1 atom stereocenters. The summed E-state index contributed by atoms with van der Waals surface area (Å²) in [6.07, 6.45) is 8.91. The Labute approximate surface area is 175 Å². The van der Waals surface area contributed by atoms with E-state index < -0.39 is 0 Å². The molecule has 2 aliphatic rings. The third kappa shape index (κ3) is 3.49. The van der Waals surface area contributed by atoms with Gasteiger partial charge >= 0.3 is 0 Å². The zero-order valence-corrected chi connectivity index (χ0v) is 17.2. The minimum absolute atomic E-state index is 0.0208. The first-order valence-corrected chi connectivity index (χ1v) is 10.8. The topological polar surface area (TPSA) is 91.9 Å². The highest BCUT2D eigenvalue weighted by atomic mass is 16.5. The van der Waals surface area contributed by atoms with Crippen LogP contribution in [-0.4, -0.2) is 34.0 Å². The summed E-state index contributed by atoms with van der Waals surface area (Å²) in [6.45, 7) is 0. The minimum atomic E-state index is -0.0208. The summed E-state index contributed by atoms with van der Waals surface area (Å²) in [5, 5.41) is 7.25. The first-order valence-electron chi connectivity index (χ1n) is 10.8. The Bertz CT molecular complexity index is 1070. The lowest BCUT2D eigenvalue weighted by molar-refractivity contribution is -0.124. The lowest BCUT2D eigenvalue weighted by Crippen LogP contribution is -2.31.